The van der Waals surface area contributed by atoms with Crippen LogP contribution in [0.25, 0.3) is 6.08 Å². The number of hydrogen-bond donors (Lipinski definition) is 0. The fourth-order valence-electron chi connectivity index (χ4n) is 3.84. The highest BCUT2D eigenvalue weighted by Gasteiger charge is 2.35. The molecule has 1 aliphatic rings. The molecular formula is C29H26ClNO4S. The number of imide groups is 1. The maximum Gasteiger partial charge on any atom is 0.293 e. The van der Waals surface area contributed by atoms with Crippen LogP contribution in [0.5, 0.6) is 11.5 Å². The monoisotopic (exact) mass is 519 g/mol. The van der Waals surface area contributed by atoms with Crippen molar-refractivity contribution in [3.8, 4) is 11.5 Å². The fraction of sp³-hybridized carbons (Fsp3) is 0.172. The van der Waals surface area contributed by atoms with Crippen molar-refractivity contribution in [3.05, 3.63) is 112 Å². The molecule has 2 amide bonds. The van der Waals surface area contributed by atoms with Crippen LogP contribution in [-0.4, -0.2) is 22.7 Å². The first-order chi connectivity index (χ1) is 17.5. The minimum atomic E-state index is -0.336. The minimum absolute atomic E-state index is 0.167. The average molecular weight is 520 g/mol. The Bertz CT molecular complexity index is 1310. The topological polar surface area (TPSA) is 55.8 Å². The van der Waals surface area contributed by atoms with Gasteiger partial charge in [-0.05, 0) is 72.1 Å². The van der Waals surface area contributed by atoms with Gasteiger partial charge in [0.05, 0.1) is 18.1 Å². The first kappa shape index (κ1) is 25.6. The van der Waals surface area contributed by atoms with Gasteiger partial charge in [0, 0.05) is 10.6 Å². The summed E-state index contributed by atoms with van der Waals surface area (Å²) in [5.41, 5.74) is 3.46. The summed E-state index contributed by atoms with van der Waals surface area (Å²) in [6.07, 6.45) is 4.07. The van der Waals surface area contributed by atoms with E-state index in [1.54, 1.807) is 30.4 Å². The van der Waals surface area contributed by atoms with Crippen molar-refractivity contribution in [2.75, 3.05) is 6.61 Å². The van der Waals surface area contributed by atoms with Gasteiger partial charge in [0.1, 0.15) is 6.61 Å². The second-order valence-corrected chi connectivity index (χ2v) is 9.53. The van der Waals surface area contributed by atoms with E-state index in [4.69, 9.17) is 21.1 Å². The Labute approximate surface area is 220 Å². The van der Waals surface area contributed by atoms with Crippen molar-refractivity contribution in [2.45, 2.75) is 26.5 Å². The summed E-state index contributed by atoms with van der Waals surface area (Å²) in [6.45, 7) is 6.79. The minimum Gasteiger partial charge on any atom is -0.490 e. The van der Waals surface area contributed by atoms with Gasteiger partial charge in [-0.2, -0.15) is 0 Å². The zero-order chi connectivity index (χ0) is 25.5. The molecule has 1 saturated heterocycles. The SMILES string of the molecule is C=CCc1cc(/C=C2\SC(=O)N(Cc3cccc(Cl)c3)C2=O)cc(OCC)c1OCc1ccccc1. The van der Waals surface area contributed by atoms with Crippen LogP contribution in [0.3, 0.4) is 0 Å². The van der Waals surface area contributed by atoms with Gasteiger partial charge >= 0.3 is 0 Å². The van der Waals surface area contributed by atoms with Crippen LogP contribution in [0, 0.1) is 0 Å². The summed E-state index contributed by atoms with van der Waals surface area (Å²) in [6, 6.07) is 20.8. The Morgan fingerprint density at radius 1 is 1.00 bits per heavy atom. The zero-order valence-corrected chi connectivity index (χ0v) is 21.5. The highest BCUT2D eigenvalue weighted by Crippen LogP contribution is 2.38. The maximum atomic E-state index is 13.1. The van der Waals surface area contributed by atoms with E-state index in [-0.39, 0.29) is 17.7 Å². The molecule has 1 fully saturated rings. The Balaban J connectivity index is 1.61. The number of hydrogen-bond acceptors (Lipinski definition) is 5. The molecule has 0 aliphatic carbocycles. The number of rotatable bonds is 10. The second-order valence-electron chi connectivity index (χ2n) is 8.11. The van der Waals surface area contributed by atoms with E-state index in [1.165, 1.54) is 4.90 Å². The van der Waals surface area contributed by atoms with E-state index >= 15 is 0 Å². The predicted molar refractivity (Wildman–Crippen MR) is 145 cm³/mol. The van der Waals surface area contributed by atoms with Gasteiger partial charge in [-0.15, -0.1) is 6.58 Å². The largest absolute Gasteiger partial charge is 0.490 e. The van der Waals surface area contributed by atoms with Gasteiger partial charge in [0.2, 0.25) is 0 Å². The molecule has 0 aromatic heterocycles. The maximum absolute atomic E-state index is 13.1. The molecular weight excluding hydrogens is 494 g/mol. The van der Waals surface area contributed by atoms with Gasteiger partial charge in [-0.3, -0.25) is 14.5 Å². The molecule has 184 valence electrons. The van der Waals surface area contributed by atoms with Crippen molar-refractivity contribution in [1.82, 2.24) is 4.90 Å². The van der Waals surface area contributed by atoms with Crippen LogP contribution in [0.4, 0.5) is 4.79 Å². The number of halogens is 1. The molecule has 1 aliphatic heterocycles. The first-order valence-corrected chi connectivity index (χ1v) is 12.7. The van der Waals surface area contributed by atoms with Gasteiger partial charge in [0.25, 0.3) is 11.1 Å². The lowest BCUT2D eigenvalue weighted by atomic mass is 10.0. The summed E-state index contributed by atoms with van der Waals surface area (Å²) < 4.78 is 12.1. The van der Waals surface area contributed by atoms with E-state index in [1.807, 2.05) is 55.5 Å². The van der Waals surface area contributed by atoms with Crippen LogP contribution in [0.2, 0.25) is 5.02 Å². The molecule has 0 bridgehead atoms. The summed E-state index contributed by atoms with van der Waals surface area (Å²) in [5, 5.41) is 0.244. The van der Waals surface area contributed by atoms with Crippen molar-refractivity contribution in [3.63, 3.8) is 0 Å². The third-order valence-corrected chi connectivity index (χ3v) is 6.59. The Morgan fingerprint density at radius 3 is 2.50 bits per heavy atom. The van der Waals surface area contributed by atoms with Gasteiger partial charge in [-0.25, -0.2) is 0 Å². The molecule has 1 heterocycles. The van der Waals surface area contributed by atoms with Crippen molar-refractivity contribution in [2.24, 2.45) is 0 Å². The molecule has 7 heteroatoms. The number of thioether (sulfide) groups is 1. The van der Waals surface area contributed by atoms with Crippen LogP contribution in [-0.2, 0) is 24.4 Å². The Kier molecular flexibility index (Phi) is 8.52. The third-order valence-electron chi connectivity index (χ3n) is 5.45. The number of nitrogens with zero attached hydrogens (tertiary/aromatic N) is 1. The average Bonchev–Trinajstić information content (AvgIpc) is 3.12. The number of allylic oxidation sites excluding steroid dienone is 1. The standard InChI is InChI=1S/C29H26ClNO4S/c1-3-9-23-14-22(16-25(34-4-2)27(23)35-19-20-10-6-5-7-11-20)17-26-28(32)31(29(33)36-26)18-21-12-8-13-24(30)15-21/h3,5-8,10-17H,1,4,9,18-19H2,2H3/b26-17-. The smallest absolute Gasteiger partial charge is 0.293 e. The molecule has 0 spiro atoms. The van der Waals surface area contributed by atoms with Crippen molar-refractivity contribution < 1.29 is 19.1 Å². The molecule has 0 unspecified atom stereocenters. The molecule has 0 saturated carbocycles. The summed E-state index contributed by atoms with van der Waals surface area (Å²) >= 11 is 6.98. The summed E-state index contributed by atoms with van der Waals surface area (Å²) in [7, 11) is 0. The summed E-state index contributed by atoms with van der Waals surface area (Å²) in [5.74, 6) is 0.890. The molecule has 5 nitrogen and oxygen atoms in total. The number of ether oxygens (including phenoxy) is 2. The van der Waals surface area contributed by atoms with E-state index < -0.39 is 0 Å². The first-order valence-electron chi connectivity index (χ1n) is 11.6. The molecule has 3 aromatic carbocycles. The zero-order valence-electron chi connectivity index (χ0n) is 19.9. The predicted octanol–water partition coefficient (Wildman–Crippen LogP) is 7.28. The molecule has 4 rings (SSSR count). The fourth-order valence-corrected chi connectivity index (χ4v) is 4.89. The second kappa shape index (κ2) is 12.0. The highest BCUT2D eigenvalue weighted by atomic mass is 35.5. The molecule has 0 radical (unpaired) electrons. The quantitative estimate of drug-likeness (QED) is 0.208. The Morgan fingerprint density at radius 2 is 1.78 bits per heavy atom. The molecule has 0 atom stereocenters. The van der Waals surface area contributed by atoms with Gasteiger partial charge < -0.3 is 9.47 Å². The van der Waals surface area contributed by atoms with Gasteiger partial charge in [-0.1, -0.05) is 60.1 Å². The highest BCUT2D eigenvalue weighted by molar-refractivity contribution is 8.18. The number of benzene rings is 3. The third kappa shape index (κ3) is 6.20. The lowest BCUT2D eigenvalue weighted by molar-refractivity contribution is -0.123. The van der Waals surface area contributed by atoms with Crippen LogP contribution in [0.15, 0.2) is 84.3 Å². The van der Waals surface area contributed by atoms with Crippen molar-refractivity contribution >= 4 is 40.6 Å². The number of carbonyl (C=O) groups is 2. The normalized spacial score (nSPS) is 14.4. The van der Waals surface area contributed by atoms with E-state index in [0.29, 0.717) is 41.1 Å². The number of amides is 2. The molecule has 3 aromatic rings. The van der Waals surface area contributed by atoms with Crippen LogP contribution >= 0.6 is 23.4 Å². The molecule has 0 N–H and O–H groups in total. The van der Waals surface area contributed by atoms with Crippen molar-refractivity contribution in [1.29, 1.82) is 0 Å². The lowest BCUT2D eigenvalue weighted by Gasteiger charge is -2.17. The van der Waals surface area contributed by atoms with Crippen LogP contribution in [0.1, 0.15) is 29.2 Å². The molecule has 36 heavy (non-hydrogen) atoms. The van der Waals surface area contributed by atoms with E-state index in [2.05, 4.69) is 6.58 Å². The van der Waals surface area contributed by atoms with E-state index in [0.717, 1.165) is 34.0 Å². The van der Waals surface area contributed by atoms with Gasteiger partial charge in [0.15, 0.2) is 11.5 Å². The number of carbonyl (C=O) groups excluding carboxylic acids is 2. The van der Waals surface area contributed by atoms with Crippen LogP contribution < -0.4 is 9.47 Å². The summed E-state index contributed by atoms with van der Waals surface area (Å²) in [4.78, 5) is 27.3. The Hall–Kier alpha value is -3.48. The van der Waals surface area contributed by atoms with E-state index in [9.17, 15) is 9.59 Å². The lowest BCUT2D eigenvalue weighted by Crippen LogP contribution is -2.27.